The number of hydrogen-bond acceptors (Lipinski definition) is 5. The van der Waals surface area contributed by atoms with Crippen LogP contribution in [0.2, 0.25) is 0 Å². The van der Waals surface area contributed by atoms with Crippen LogP contribution in [0.3, 0.4) is 0 Å². The van der Waals surface area contributed by atoms with Gasteiger partial charge < -0.3 is 9.88 Å². The molecular weight excluding hydrogens is 322 g/mol. The number of imidazole rings is 1. The fourth-order valence-corrected chi connectivity index (χ4v) is 3.53. The molecule has 0 bridgehead atoms. The Morgan fingerprint density at radius 3 is 2.79 bits per heavy atom. The van der Waals surface area contributed by atoms with Crippen LogP contribution in [-0.2, 0) is 13.5 Å². The lowest BCUT2D eigenvalue weighted by molar-refractivity contribution is 0.0954. The first-order valence-electron chi connectivity index (χ1n) is 7.96. The Morgan fingerprint density at radius 1 is 1.29 bits per heavy atom. The van der Waals surface area contributed by atoms with Crippen LogP contribution in [0, 0.1) is 20.8 Å². The van der Waals surface area contributed by atoms with Crippen molar-refractivity contribution in [2.24, 2.45) is 7.05 Å². The standard InChI is InChI=1S/C17H21N5OS/c1-10-11(2)24-14(20-10)6-5-8-19-17(23)13-7-9-18-16-15(13)21-12(3)22(16)4/h7,9H,5-6,8H2,1-4H3,(H,19,23). The molecule has 6 nitrogen and oxygen atoms in total. The fourth-order valence-electron chi connectivity index (χ4n) is 2.55. The molecule has 1 amide bonds. The molecule has 7 heteroatoms. The molecule has 1 N–H and O–H groups in total. The van der Waals surface area contributed by atoms with Crippen molar-refractivity contribution in [2.75, 3.05) is 6.54 Å². The Labute approximate surface area is 145 Å². The smallest absolute Gasteiger partial charge is 0.253 e. The summed E-state index contributed by atoms with van der Waals surface area (Å²) < 4.78 is 1.89. The van der Waals surface area contributed by atoms with Crippen molar-refractivity contribution in [1.82, 2.24) is 24.8 Å². The Bertz CT molecular complexity index is 876. The minimum atomic E-state index is -0.105. The second-order valence-electron chi connectivity index (χ2n) is 5.86. The first kappa shape index (κ1) is 16.6. The van der Waals surface area contributed by atoms with Crippen molar-refractivity contribution in [2.45, 2.75) is 33.6 Å². The van der Waals surface area contributed by atoms with Gasteiger partial charge in [0.1, 0.15) is 11.3 Å². The van der Waals surface area contributed by atoms with Crippen LogP contribution >= 0.6 is 11.3 Å². The van der Waals surface area contributed by atoms with Crippen LogP contribution < -0.4 is 5.32 Å². The van der Waals surface area contributed by atoms with Crippen molar-refractivity contribution in [3.63, 3.8) is 0 Å². The largest absolute Gasteiger partial charge is 0.352 e. The van der Waals surface area contributed by atoms with Gasteiger partial charge in [0.15, 0.2) is 5.65 Å². The highest BCUT2D eigenvalue weighted by Gasteiger charge is 2.15. The predicted molar refractivity (Wildman–Crippen MR) is 95.5 cm³/mol. The summed E-state index contributed by atoms with van der Waals surface area (Å²) in [4.78, 5) is 27.0. The maximum Gasteiger partial charge on any atom is 0.253 e. The van der Waals surface area contributed by atoms with Crippen molar-refractivity contribution in [3.8, 4) is 0 Å². The molecule has 3 heterocycles. The molecule has 0 atom stereocenters. The number of carbonyl (C=O) groups is 1. The van der Waals surface area contributed by atoms with E-state index in [1.165, 1.54) is 4.88 Å². The zero-order valence-corrected chi connectivity index (χ0v) is 15.2. The van der Waals surface area contributed by atoms with E-state index in [0.29, 0.717) is 17.6 Å². The Kier molecular flexibility index (Phi) is 4.62. The van der Waals surface area contributed by atoms with Gasteiger partial charge in [0.2, 0.25) is 0 Å². The number of thiazole rings is 1. The number of hydrogen-bond donors (Lipinski definition) is 1. The van der Waals surface area contributed by atoms with E-state index in [-0.39, 0.29) is 5.91 Å². The monoisotopic (exact) mass is 343 g/mol. The zero-order chi connectivity index (χ0) is 17.3. The second-order valence-corrected chi connectivity index (χ2v) is 7.15. The molecule has 0 aliphatic heterocycles. The van der Waals surface area contributed by atoms with E-state index < -0.39 is 0 Å². The second kappa shape index (κ2) is 6.68. The summed E-state index contributed by atoms with van der Waals surface area (Å²) in [6.45, 7) is 6.63. The van der Waals surface area contributed by atoms with E-state index >= 15 is 0 Å². The SMILES string of the molecule is Cc1nc(CCCNC(=O)c2ccnc3c2nc(C)n3C)sc1C. The van der Waals surface area contributed by atoms with Gasteiger partial charge in [0.25, 0.3) is 5.91 Å². The van der Waals surface area contributed by atoms with Gasteiger partial charge in [-0.2, -0.15) is 0 Å². The van der Waals surface area contributed by atoms with Crippen molar-refractivity contribution < 1.29 is 4.79 Å². The first-order valence-corrected chi connectivity index (χ1v) is 8.78. The summed E-state index contributed by atoms with van der Waals surface area (Å²) in [6, 6.07) is 1.72. The lowest BCUT2D eigenvalue weighted by Gasteiger charge is -2.05. The van der Waals surface area contributed by atoms with Crippen molar-refractivity contribution >= 4 is 28.4 Å². The van der Waals surface area contributed by atoms with Crippen LogP contribution in [0.1, 0.15) is 38.2 Å². The van der Waals surface area contributed by atoms with E-state index in [4.69, 9.17) is 0 Å². The number of carbonyl (C=O) groups excluding carboxylic acids is 1. The van der Waals surface area contributed by atoms with Crippen molar-refractivity contribution in [1.29, 1.82) is 0 Å². The summed E-state index contributed by atoms with van der Waals surface area (Å²) in [5.74, 6) is 0.735. The minimum Gasteiger partial charge on any atom is -0.352 e. The molecule has 0 saturated carbocycles. The first-order chi connectivity index (χ1) is 11.5. The summed E-state index contributed by atoms with van der Waals surface area (Å²) in [7, 11) is 1.90. The quantitative estimate of drug-likeness (QED) is 0.723. The van der Waals surface area contributed by atoms with Gasteiger partial charge in [-0.1, -0.05) is 0 Å². The molecule has 0 saturated heterocycles. The molecule has 3 rings (SSSR count). The van der Waals surface area contributed by atoms with Gasteiger partial charge in [0.05, 0.1) is 16.3 Å². The van der Waals surface area contributed by atoms with Crippen LogP contribution in [0.4, 0.5) is 0 Å². The van der Waals surface area contributed by atoms with E-state index in [1.807, 2.05) is 25.5 Å². The lowest BCUT2D eigenvalue weighted by atomic mass is 10.2. The number of nitrogens with one attached hydrogen (secondary N) is 1. The third-order valence-electron chi connectivity index (χ3n) is 4.15. The van der Waals surface area contributed by atoms with Crippen LogP contribution in [0.25, 0.3) is 11.2 Å². The highest BCUT2D eigenvalue weighted by Crippen LogP contribution is 2.18. The van der Waals surface area contributed by atoms with Crippen LogP contribution in [-0.4, -0.2) is 32.0 Å². The summed E-state index contributed by atoms with van der Waals surface area (Å²) in [6.07, 6.45) is 3.40. The van der Waals surface area contributed by atoms with Gasteiger partial charge >= 0.3 is 0 Å². The highest BCUT2D eigenvalue weighted by molar-refractivity contribution is 7.11. The topological polar surface area (TPSA) is 72.7 Å². The van der Waals surface area contributed by atoms with Crippen LogP contribution in [0.5, 0.6) is 0 Å². The number of fused-ring (bicyclic) bond motifs is 1. The average molecular weight is 343 g/mol. The van der Waals surface area contributed by atoms with E-state index in [2.05, 4.69) is 27.2 Å². The molecule has 3 aromatic rings. The van der Waals surface area contributed by atoms with Crippen molar-refractivity contribution in [3.05, 3.63) is 39.2 Å². The summed E-state index contributed by atoms with van der Waals surface area (Å²) in [5.41, 5.74) is 3.06. The molecule has 3 aromatic heterocycles. The lowest BCUT2D eigenvalue weighted by Crippen LogP contribution is -2.25. The number of aryl methyl sites for hydroxylation is 5. The maximum atomic E-state index is 12.4. The molecule has 0 aromatic carbocycles. The molecular formula is C17H21N5OS. The zero-order valence-electron chi connectivity index (χ0n) is 14.4. The normalized spacial score (nSPS) is 11.2. The number of aromatic nitrogens is 4. The molecule has 0 aliphatic carbocycles. The molecule has 0 unspecified atom stereocenters. The molecule has 24 heavy (non-hydrogen) atoms. The number of pyridine rings is 1. The maximum absolute atomic E-state index is 12.4. The molecule has 126 valence electrons. The summed E-state index contributed by atoms with van der Waals surface area (Å²) in [5, 5.41) is 4.10. The Balaban J connectivity index is 1.62. The third kappa shape index (κ3) is 3.17. The van der Waals surface area contributed by atoms with Gasteiger partial charge in [-0.05, 0) is 33.3 Å². The van der Waals surface area contributed by atoms with Gasteiger partial charge in [-0.15, -0.1) is 11.3 Å². The summed E-state index contributed by atoms with van der Waals surface area (Å²) >= 11 is 1.73. The predicted octanol–water partition coefficient (Wildman–Crippen LogP) is 2.71. The Hall–Kier alpha value is -2.28. The number of amides is 1. The molecule has 0 aliphatic rings. The molecule has 0 spiro atoms. The molecule has 0 radical (unpaired) electrons. The van der Waals surface area contributed by atoms with Gasteiger partial charge in [-0.3, -0.25) is 4.79 Å². The number of nitrogens with zero attached hydrogens (tertiary/aromatic N) is 4. The van der Waals surface area contributed by atoms with E-state index in [9.17, 15) is 4.79 Å². The minimum absolute atomic E-state index is 0.105. The molecule has 0 fully saturated rings. The Morgan fingerprint density at radius 2 is 2.08 bits per heavy atom. The fraction of sp³-hybridized carbons (Fsp3) is 0.412. The number of rotatable bonds is 5. The van der Waals surface area contributed by atoms with Gasteiger partial charge in [-0.25, -0.2) is 15.0 Å². The average Bonchev–Trinajstić information content (AvgIpc) is 3.03. The van der Waals surface area contributed by atoms with Crippen LogP contribution in [0.15, 0.2) is 12.3 Å². The van der Waals surface area contributed by atoms with E-state index in [1.54, 1.807) is 23.6 Å². The van der Waals surface area contributed by atoms with E-state index in [0.717, 1.165) is 35.0 Å². The third-order valence-corrected chi connectivity index (χ3v) is 5.28. The van der Waals surface area contributed by atoms with Gasteiger partial charge in [0, 0.05) is 31.1 Å². The highest BCUT2D eigenvalue weighted by atomic mass is 32.1.